The van der Waals surface area contributed by atoms with Crippen molar-refractivity contribution >= 4 is 33.2 Å². The second-order valence-corrected chi connectivity index (χ2v) is 6.42. The number of hydrogen-bond donors (Lipinski definition) is 1. The second kappa shape index (κ2) is 7.55. The van der Waals surface area contributed by atoms with Crippen LogP contribution in [-0.4, -0.2) is 45.8 Å². The van der Waals surface area contributed by atoms with Crippen molar-refractivity contribution in [1.29, 1.82) is 0 Å². The number of nitro benzene ring substituents is 1. The number of sulfone groups is 1. The molecule has 1 N–H and O–H groups in total. The number of anilines is 1. The maximum atomic E-state index is 11.6. The molecular weight excluding hydrogens is 344 g/mol. The fourth-order valence-corrected chi connectivity index (χ4v) is 2.22. The van der Waals surface area contributed by atoms with Crippen molar-refractivity contribution in [3.63, 3.8) is 0 Å². The maximum absolute atomic E-state index is 11.6. The van der Waals surface area contributed by atoms with Gasteiger partial charge in [-0.25, -0.2) is 18.0 Å². The molecule has 0 fully saturated rings. The van der Waals surface area contributed by atoms with Gasteiger partial charge in [0, 0.05) is 12.3 Å². The van der Waals surface area contributed by atoms with E-state index in [1.807, 2.05) is 0 Å². The van der Waals surface area contributed by atoms with Crippen molar-refractivity contribution in [2.75, 3.05) is 25.8 Å². The molecule has 0 saturated carbocycles. The predicted molar refractivity (Wildman–Crippen MR) is 81.9 cm³/mol. The Kier molecular flexibility index (Phi) is 6.01. The van der Waals surface area contributed by atoms with Crippen LogP contribution < -0.4 is 5.32 Å². The Morgan fingerprint density at radius 1 is 1.25 bits per heavy atom. The second-order valence-electron chi connectivity index (χ2n) is 4.41. The molecule has 0 spiro atoms. The highest BCUT2D eigenvalue weighted by molar-refractivity contribution is 7.90. The van der Waals surface area contributed by atoms with Gasteiger partial charge in [0.1, 0.15) is 11.4 Å². The van der Waals surface area contributed by atoms with E-state index < -0.39 is 38.1 Å². The minimum atomic E-state index is -3.66. The number of esters is 2. The summed E-state index contributed by atoms with van der Waals surface area (Å²) in [7, 11) is -1.53. The lowest BCUT2D eigenvalue weighted by molar-refractivity contribution is -0.384. The Morgan fingerprint density at radius 2 is 1.88 bits per heavy atom. The normalized spacial score (nSPS) is 11.5. The highest BCUT2D eigenvalue weighted by Crippen LogP contribution is 2.28. The van der Waals surface area contributed by atoms with Gasteiger partial charge in [-0.15, -0.1) is 0 Å². The molecular formula is C13H14N2O8S. The van der Waals surface area contributed by atoms with Crippen LogP contribution in [0.25, 0.3) is 0 Å². The third kappa shape index (κ3) is 4.78. The van der Waals surface area contributed by atoms with Crippen LogP contribution in [-0.2, 0) is 28.9 Å². The monoisotopic (exact) mass is 358 g/mol. The van der Waals surface area contributed by atoms with Gasteiger partial charge in [-0.2, -0.15) is 0 Å². The largest absolute Gasteiger partial charge is 0.466 e. The van der Waals surface area contributed by atoms with Crippen LogP contribution >= 0.6 is 0 Å². The first-order valence-electron chi connectivity index (χ1n) is 6.23. The molecule has 0 amide bonds. The number of ether oxygens (including phenoxy) is 2. The summed E-state index contributed by atoms with van der Waals surface area (Å²) in [5, 5.41) is 13.5. The molecule has 0 aliphatic heterocycles. The van der Waals surface area contributed by atoms with E-state index in [1.54, 1.807) is 0 Å². The molecule has 24 heavy (non-hydrogen) atoms. The highest BCUT2D eigenvalue weighted by atomic mass is 32.2. The zero-order chi connectivity index (χ0) is 18.5. The molecule has 0 atom stereocenters. The number of nitrogens with one attached hydrogen (secondary N) is 1. The lowest BCUT2D eigenvalue weighted by Gasteiger charge is -2.10. The number of benzene rings is 1. The number of hydrogen-bond acceptors (Lipinski definition) is 9. The molecule has 11 heteroatoms. The van der Waals surface area contributed by atoms with E-state index in [0.29, 0.717) is 0 Å². The van der Waals surface area contributed by atoms with Crippen LogP contribution in [0.1, 0.15) is 0 Å². The van der Waals surface area contributed by atoms with E-state index in [-0.39, 0.29) is 10.6 Å². The van der Waals surface area contributed by atoms with Crippen LogP contribution in [0.2, 0.25) is 0 Å². The van der Waals surface area contributed by atoms with E-state index >= 15 is 0 Å². The minimum Gasteiger partial charge on any atom is -0.466 e. The zero-order valence-corrected chi connectivity index (χ0v) is 13.7. The predicted octanol–water partition coefficient (Wildman–Crippen LogP) is 0.640. The van der Waals surface area contributed by atoms with Crippen molar-refractivity contribution in [3.8, 4) is 0 Å². The summed E-state index contributed by atoms with van der Waals surface area (Å²) >= 11 is 0. The third-order valence-electron chi connectivity index (χ3n) is 2.73. The zero-order valence-electron chi connectivity index (χ0n) is 12.9. The molecule has 0 aromatic heterocycles. The smallest absolute Gasteiger partial charge is 0.354 e. The molecule has 10 nitrogen and oxygen atoms in total. The molecule has 0 aliphatic carbocycles. The molecule has 1 rings (SSSR count). The lowest BCUT2D eigenvalue weighted by Crippen LogP contribution is -2.16. The first-order chi connectivity index (χ1) is 11.1. The van der Waals surface area contributed by atoms with E-state index in [0.717, 1.165) is 44.8 Å². The van der Waals surface area contributed by atoms with E-state index in [2.05, 4.69) is 14.8 Å². The van der Waals surface area contributed by atoms with E-state index in [1.165, 1.54) is 0 Å². The fraction of sp³-hybridized carbons (Fsp3) is 0.231. The van der Waals surface area contributed by atoms with Gasteiger partial charge in [0.15, 0.2) is 9.84 Å². The van der Waals surface area contributed by atoms with Crippen molar-refractivity contribution in [2.45, 2.75) is 4.90 Å². The molecule has 0 unspecified atom stereocenters. The maximum Gasteiger partial charge on any atom is 0.354 e. The summed E-state index contributed by atoms with van der Waals surface area (Å²) in [4.78, 5) is 33.0. The van der Waals surface area contributed by atoms with Crippen molar-refractivity contribution in [1.82, 2.24) is 0 Å². The molecule has 1 aromatic rings. The number of rotatable bonds is 6. The van der Waals surface area contributed by atoms with E-state index in [4.69, 9.17) is 0 Å². The fourth-order valence-electron chi connectivity index (χ4n) is 1.58. The molecule has 0 saturated heterocycles. The van der Waals surface area contributed by atoms with Gasteiger partial charge < -0.3 is 14.8 Å². The Bertz CT molecular complexity index is 813. The van der Waals surface area contributed by atoms with Gasteiger partial charge in [0.05, 0.1) is 30.1 Å². The molecule has 1 aromatic carbocycles. The van der Waals surface area contributed by atoms with E-state index in [9.17, 15) is 28.1 Å². The molecule has 130 valence electrons. The van der Waals surface area contributed by atoms with Gasteiger partial charge in [-0.3, -0.25) is 10.1 Å². The third-order valence-corrected chi connectivity index (χ3v) is 3.84. The summed E-state index contributed by atoms with van der Waals surface area (Å²) in [6.45, 7) is 0. The molecule has 0 aliphatic rings. The number of nitro groups is 1. The number of carbonyl (C=O) groups excluding carboxylic acids is 2. The molecule has 0 radical (unpaired) electrons. The van der Waals surface area contributed by atoms with Crippen LogP contribution in [0.15, 0.2) is 34.9 Å². The lowest BCUT2D eigenvalue weighted by atomic mass is 10.2. The number of methoxy groups -OCH3 is 2. The van der Waals surface area contributed by atoms with Crippen LogP contribution in [0, 0.1) is 10.1 Å². The quantitative estimate of drug-likeness (QED) is 0.335. The van der Waals surface area contributed by atoms with Gasteiger partial charge in [0.2, 0.25) is 0 Å². The van der Waals surface area contributed by atoms with Gasteiger partial charge >= 0.3 is 11.9 Å². The van der Waals surface area contributed by atoms with Crippen molar-refractivity contribution < 1.29 is 32.4 Å². The Hall–Kier alpha value is -2.95. The molecule has 0 heterocycles. The standard InChI is InChI=1S/C13H14N2O8S/c1-22-12(16)7-10(13(17)23-2)14-9-5-4-8(24(3,20)21)6-11(9)15(18)19/h4-7,14H,1-3H3/b10-7+. The number of nitrogens with zero attached hydrogens (tertiary/aromatic N) is 1. The summed E-state index contributed by atoms with van der Waals surface area (Å²) in [5.41, 5.74) is -1.22. The molecule has 0 bridgehead atoms. The topological polar surface area (TPSA) is 142 Å². The summed E-state index contributed by atoms with van der Waals surface area (Å²) < 4.78 is 31.8. The summed E-state index contributed by atoms with van der Waals surface area (Å²) in [6.07, 6.45) is 1.65. The van der Waals surface area contributed by atoms with Crippen molar-refractivity contribution in [2.24, 2.45) is 0 Å². The van der Waals surface area contributed by atoms with Gasteiger partial charge in [0.25, 0.3) is 5.69 Å². The highest BCUT2D eigenvalue weighted by Gasteiger charge is 2.22. The Morgan fingerprint density at radius 3 is 2.33 bits per heavy atom. The SMILES string of the molecule is COC(=O)/C=C(/Nc1ccc(S(C)(=O)=O)cc1[N+](=O)[O-])C(=O)OC. The van der Waals surface area contributed by atoms with Crippen molar-refractivity contribution in [3.05, 3.63) is 40.1 Å². The minimum absolute atomic E-state index is 0.201. The van der Waals surface area contributed by atoms with Crippen LogP contribution in [0.4, 0.5) is 11.4 Å². The Labute approximate surface area is 137 Å². The Balaban J connectivity index is 3.39. The summed E-state index contributed by atoms with van der Waals surface area (Å²) in [6, 6.07) is 3.06. The average molecular weight is 358 g/mol. The average Bonchev–Trinajstić information content (AvgIpc) is 2.52. The first-order valence-corrected chi connectivity index (χ1v) is 8.12. The van der Waals surface area contributed by atoms with Gasteiger partial charge in [-0.1, -0.05) is 0 Å². The van der Waals surface area contributed by atoms with Crippen LogP contribution in [0.3, 0.4) is 0 Å². The first kappa shape index (κ1) is 19.1. The van der Waals surface area contributed by atoms with Gasteiger partial charge in [-0.05, 0) is 12.1 Å². The summed E-state index contributed by atoms with van der Waals surface area (Å²) in [5.74, 6) is -1.86. The van der Waals surface area contributed by atoms with Crippen LogP contribution in [0.5, 0.6) is 0 Å². The number of carbonyl (C=O) groups is 2.